The van der Waals surface area contributed by atoms with E-state index in [0.29, 0.717) is 13.0 Å². The van der Waals surface area contributed by atoms with Crippen LogP contribution in [0, 0.1) is 5.92 Å². The minimum Gasteiger partial charge on any atom is -0.343 e. The summed E-state index contributed by atoms with van der Waals surface area (Å²) in [6.07, 6.45) is 4.57. The lowest BCUT2D eigenvalue weighted by Gasteiger charge is -2.38. The Bertz CT molecular complexity index is 826. The molecule has 2 aliphatic heterocycles. The average molecular weight is 397 g/mol. The van der Waals surface area contributed by atoms with Crippen molar-refractivity contribution in [2.24, 2.45) is 5.92 Å². The first kappa shape index (κ1) is 19.2. The Balaban J connectivity index is 1.53. The van der Waals surface area contributed by atoms with Crippen LogP contribution < -0.4 is 0 Å². The van der Waals surface area contributed by atoms with Gasteiger partial charge in [0.15, 0.2) is 0 Å². The van der Waals surface area contributed by atoms with Gasteiger partial charge in [0.05, 0.1) is 6.04 Å². The number of carbonyl (C=O) groups is 2. The largest absolute Gasteiger partial charge is 0.343 e. The molecule has 4 rings (SSSR count). The summed E-state index contributed by atoms with van der Waals surface area (Å²) < 4.78 is 0. The van der Waals surface area contributed by atoms with Crippen LogP contribution in [0.1, 0.15) is 54.7 Å². The quantitative estimate of drug-likeness (QED) is 0.775. The zero-order chi connectivity index (χ0) is 19.5. The third kappa shape index (κ3) is 3.86. The van der Waals surface area contributed by atoms with E-state index >= 15 is 0 Å². The fourth-order valence-corrected chi connectivity index (χ4v) is 5.36. The van der Waals surface area contributed by atoms with E-state index in [1.54, 1.807) is 11.3 Å². The molecular formula is C23H28N2O2S. The summed E-state index contributed by atoms with van der Waals surface area (Å²) in [6, 6.07) is 12.4. The number of rotatable bonds is 4. The van der Waals surface area contributed by atoms with Crippen molar-refractivity contribution in [2.45, 2.75) is 45.1 Å². The smallest absolute Gasteiger partial charge is 0.226 e. The Morgan fingerprint density at radius 1 is 1.07 bits per heavy atom. The minimum absolute atomic E-state index is 0.0451. The van der Waals surface area contributed by atoms with Crippen molar-refractivity contribution in [1.82, 2.24) is 9.80 Å². The van der Waals surface area contributed by atoms with Crippen molar-refractivity contribution >= 4 is 23.2 Å². The van der Waals surface area contributed by atoms with E-state index < -0.39 is 0 Å². The summed E-state index contributed by atoms with van der Waals surface area (Å²) in [5.74, 6) is -0.0677. The molecule has 1 fully saturated rings. The number of benzene rings is 1. The number of thiophene rings is 1. The fraction of sp³-hybridized carbons (Fsp3) is 0.478. The van der Waals surface area contributed by atoms with Crippen LogP contribution in [0.25, 0.3) is 0 Å². The van der Waals surface area contributed by atoms with Gasteiger partial charge in [-0.05, 0) is 48.3 Å². The maximum absolute atomic E-state index is 13.4. The zero-order valence-electron chi connectivity index (χ0n) is 16.5. The Hall–Kier alpha value is -2.14. The second-order valence-electron chi connectivity index (χ2n) is 7.94. The van der Waals surface area contributed by atoms with Crippen LogP contribution in [0.2, 0.25) is 0 Å². The van der Waals surface area contributed by atoms with Gasteiger partial charge < -0.3 is 9.80 Å². The fourth-order valence-electron chi connectivity index (χ4n) is 4.45. The lowest BCUT2D eigenvalue weighted by Crippen LogP contribution is -2.44. The van der Waals surface area contributed by atoms with Gasteiger partial charge in [0, 0.05) is 36.9 Å². The third-order valence-electron chi connectivity index (χ3n) is 5.98. The monoisotopic (exact) mass is 396 g/mol. The van der Waals surface area contributed by atoms with Gasteiger partial charge >= 0.3 is 0 Å². The number of hydrogen-bond donors (Lipinski definition) is 0. The Kier molecular flexibility index (Phi) is 5.81. The van der Waals surface area contributed by atoms with E-state index in [4.69, 9.17) is 0 Å². The van der Waals surface area contributed by atoms with Crippen molar-refractivity contribution < 1.29 is 9.59 Å². The highest BCUT2D eigenvalue weighted by molar-refractivity contribution is 7.10. The van der Waals surface area contributed by atoms with Crippen LogP contribution >= 0.6 is 11.3 Å². The van der Waals surface area contributed by atoms with Gasteiger partial charge in [0.1, 0.15) is 0 Å². The maximum Gasteiger partial charge on any atom is 0.226 e. The number of likely N-dealkylation sites (tertiary alicyclic amines) is 1. The van der Waals surface area contributed by atoms with Crippen molar-refractivity contribution in [3.63, 3.8) is 0 Å². The third-order valence-corrected chi connectivity index (χ3v) is 6.97. The van der Waals surface area contributed by atoms with Gasteiger partial charge in [-0.15, -0.1) is 11.3 Å². The van der Waals surface area contributed by atoms with Crippen LogP contribution in [0.15, 0.2) is 41.8 Å². The number of carbonyl (C=O) groups excluding carboxylic acids is 2. The van der Waals surface area contributed by atoms with Crippen molar-refractivity contribution in [1.29, 1.82) is 0 Å². The second kappa shape index (κ2) is 8.48. The van der Waals surface area contributed by atoms with Gasteiger partial charge in [0.25, 0.3) is 0 Å². The summed E-state index contributed by atoms with van der Waals surface area (Å²) in [5, 5.41) is 2.12. The first-order valence-corrected chi connectivity index (χ1v) is 11.2. The second-order valence-corrected chi connectivity index (χ2v) is 8.94. The molecule has 1 saturated heterocycles. The predicted octanol–water partition coefficient (Wildman–Crippen LogP) is 4.26. The molecule has 0 aliphatic carbocycles. The Morgan fingerprint density at radius 3 is 2.57 bits per heavy atom. The van der Waals surface area contributed by atoms with Crippen LogP contribution in [0.5, 0.6) is 0 Å². The molecule has 1 aromatic heterocycles. The molecule has 2 aliphatic rings. The summed E-state index contributed by atoms with van der Waals surface area (Å²) in [6.45, 7) is 4.31. The predicted molar refractivity (Wildman–Crippen MR) is 112 cm³/mol. The van der Waals surface area contributed by atoms with E-state index in [2.05, 4.69) is 23.6 Å². The van der Waals surface area contributed by atoms with Gasteiger partial charge in [-0.2, -0.15) is 0 Å². The lowest BCUT2D eigenvalue weighted by molar-refractivity contribution is -0.142. The van der Waals surface area contributed by atoms with Gasteiger partial charge in [-0.3, -0.25) is 9.59 Å². The van der Waals surface area contributed by atoms with E-state index in [9.17, 15) is 9.59 Å². The van der Waals surface area contributed by atoms with Crippen LogP contribution in [-0.2, 0) is 16.0 Å². The first-order valence-electron chi connectivity index (χ1n) is 10.3. The first-order chi connectivity index (χ1) is 13.6. The van der Waals surface area contributed by atoms with Gasteiger partial charge in [-0.1, -0.05) is 37.3 Å². The van der Waals surface area contributed by atoms with E-state index in [1.807, 2.05) is 34.9 Å². The Labute approximate surface area is 171 Å². The molecule has 5 heteroatoms. The maximum atomic E-state index is 13.4. The van der Waals surface area contributed by atoms with Crippen LogP contribution in [0.3, 0.4) is 0 Å². The number of amides is 2. The summed E-state index contributed by atoms with van der Waals surface area (Å²) in [5.41, 5.74) is 2.38. The average Bonchev–Trinajstić information content (AvgIpc) is 3.22. The van der Waals surface area contributed by atoms with Crippen molar-refractivity contribution in [3.8, 4) is 0 Å². The number of fused-ring (bicyclic) bond motifs is 1. The molecule has 0 bridgehead atoms. The number of nitrogens with zero attached hydrogens (tertiary/aromatic N) is 2. The minimum atomic E-state index is -0.291. The molecule has 148 valence electrons. The molecule has 28 heavy (non-hydrogen) atoms. The summed E-state index contributed by atoms with van der Waals surface area (Å²) >= 11 is 1.78. The molecule has 2 amide bonds. The highest BCUT2D eigenvalue weighted by Crippen LogP contribution is 2.38. The zero-order valence-corrected chi connectivity index (χ0v) is 17.3. The van der Waals surface area contributed by atoms with E-state index in [1.165, 1.54) is 16.9 Å². The molecule has 2 unspecified atom stereocenters. The van der Waals surface area contributed by atoms with E-state index in [-0.39, 0.29) is 23.8 Å². The lowest BCUT2D eigenvalue weighted by atomic mass is 9.91. The van der Waals surface area contributed by atoms with Crippen molar-refractivity contribution in [3.05, 3.63) is 57.8 Å². The molecule has 0 N–H and O–H groups in total. The SMILES string of the molecule is CC(CC(=O)N1CCCCC1)C(=O)N1CCc2sccc2C1c1ccccc1. The molecule has 1 aromatic carbocycles. The molecule has 2 atom stereocenters. The molecular weight excluding hydrogens is 368 g/mol. The van der Waals surface area contributed by atoms with Gasteiger partial charge in [0.2, 0.25) is 11.8 Å². The highest BCUT2D eigenvalue weighted by Gasteiger charge is 2.35. The Morgan fingerprint density at radius 2 is 1.82 bits per heavy atom. The molecule has 0 radical (unpaired) electrons. The molecule has 3 heterocycles. The standard InChI is InChI=1S/C23H28N2O2S/c1-17(16-21(26)24-12-6-3-7-13-24)23(27)25-14-10-20-19(11-15-28-20)22(25)18-8-4-2-5-9-18/h2,4-5,8-9,11,15,17,22H,3,6-7,10,12-14,16H2,1H3. The summed E-state index contributed by atoms with van der Waals surface area (Å²) in [7, 11) is 0. The molecule has 2 aromatic rings. The van der Waals surface area contributed by atoms with Crippen LogP contribution in [-0.4, -0.2) is 41.2 Å². The molecule has 0 spiro atoms. The molecule has 0 saturated carbocycles. The van der Waals surface area contributed by atoms with E-state index in [0.717, 1.165) is 37.9 Å². The topological polar surface area (TPSA) is 40.6 Å². The normalized spacial score (nSPS) is 20.5. The number of piperidine rings is 1. The highest BCUT2D eigenvalue weighted by atomic mass is 32.1. The summed E-state index contributed by atoms with van der Waals surface area (Å²) in [4.78, 5) is 31.4. The van der Waals surface area contributed by atoms with Crippen molar-refractivity contribution in [2.75, 3.05) is 19.6 Å². The van der Waals surface area contributed by atoms with Crippen LogP contribution in [0.4, 0.5) is 0 Å². The molecule has 4 nitrogen and oxygen atoms in total. The number of hydrogen-bond acceptors (Lipinski definition) is 3. The van der Waals surface area contributed by atoms with Gasteiger partial charge in [-0.25, -0.2) is 0 Å².